The van der Waals surface area contributed by atoms with Gasteiger partial charge in [-0.15, -0.1) is 0 Å². The Morgan fingerprint density at radius 1 is 1.29 bits per heavy atom. The lowest BCUT2D eigenvalue weighted by molar-refractivity contribution is 0.0940. The fraction of sp³-hybridized carbons (Fsp3) is 0.412. The van der Waals surface area contributed by atoms with Crippen LogP contribution in [0.2, 0.25) is 0 Å². The molecular formula is C17H21N3O3S. The fourth-order valence-corrected chi connectivity index (χ4v) is 3.35. The standard InChI is InChI=1S/C17H21N3O3S/c1-10(19-16(21)15-11(2)20-24-17(15)18-3)12-5-6-13-14(9-12)23-8-4-7-22-13/h5-6,9-10,18H,4,7-8H2,1-3H3,(H,19,21)/t10-/m1/s1. The van der Waals surface area contributed by atoms with Crippen LogP contribution in [0.1, 0.15) is 41.0 Å². The van der Waals surface area contributed by atoms with Gasteiger partial charge in [-0.05, 0) is 43.1 Å². The summed E-state index contributed by atoms with van der Waals surface area (Å²) in [6.07, 6.45) is 0.869. The van der Waals surface area contributed by atoms with Gasteiger partial charge in [0.25, 0.3) is 5.91 Å². The van der Waals surface area contributed by atoms with Gasteiger partial charge in [0.1, 0.15) is 5.00 Å². The van der Waals surface area contributed by atoms with E-state index in [1.54, 1.807) is 7.05 Å². The third-order valence-corrected chi connectivity index (χ3v) is 4.89. The number of aryl methyl sites for hydroxylation is 1. The predicted octanol–water partition coefficient (Wildman–Crippen LogP) is 3.15. The zero-order chi connectivity index (χ0) is 17.1. The van der Waals surface area contributed by atoms with Crippen molar-refractivity contribution < 1.29 is 14.3 Å². The van der Waals surface area contributed by atoms with E-state index in [1.807, 2.05) is 32.0 Å². The molecule has 128 valence electrons. The van der Waals surface area contributed by atoms with E-state index in [9.17, 15) is 4.79 Å². The van der Waals surface area contributed by atoms with Gasteiger partial charge in [0.2, 0.25) is 0 Å². The van der Waals surface area contributed by atoms with Crippen molar-refractivity contribution in [3.8, 4) is 11.5 Å². The average Bonchev–Trinajstić information content (AvgIpc) is 2.80. The number of nitrogens with one attached hydrogen (secondary N) is 2. The first kappa shape index (κ1) is 16.6. The van der Waals surface area contributed by atoms with Crippen molar-refractivity contribution in [2.24, 2.45) is 0 Å². The Balaban J connectivity index is 1.77. The second-order valence-electron chi connectivity index (χ2n) is 5.67. The van der Waals surface area contributed by atoms with E-state index in [-0.39, 0.29) is 11.9 Å². The van der Waals surface area contributed by atoms with Gasteiger partial charge in [-0.2, -0.15) is 4.37 Å². The molecule has 1 aliphatic heterocycles. The first-order valence-electron chi connectivity index (χ1n) is 7.94. The van der Waals surface area contributed by atoms with Crippen LogP contribution in [0.3, 0.4) is 0 Å². The smallest absolute Gasteiger partial charge is 0.256 e. The largest absolute Gasteiger partial charge is 0.490 e. The molecule has 1 atom stereocenters. The second kappa shape index (κ2) is 7.09. The van der Waals surface area contributed by atoms with Crippen LogP contribution in [0, 0.1) is 6.92 Å². The van der Waals surface area contributed by atoms with E-state index in [0.717, 1.165) is 34.2 Å². The van der Waals surface area contributed by atoms with Crippen molar-refractivity contribution in [3.05, 3.63) is 35.0 Å². The first-order chi connectivity index (χ1) is 11.6. The van der Waals surface area contributed by atoms with Gasteiger partial charge < -0.3 is 20.1 Å². The zero-order valence-electron chi connectivity index (χ0n) is 14.0. The molecule has 1 amide bonds. The monoisotopic (exact) mass is 347 g/mol. The Labute approximate surface area is 145 Å². The molecule has 0 unspecified atom stereocenters. The fourth-order valence-electron chi connectivity index (χ4n) is 2.61. The van der Waals surface area contributed by atoms with Crippen LogP contribution in [0.25, 0.3) is 0 Å². The van der Waals surface area contributed by atoms with Crippen molar-refractivity contribution in [2.75, 3.05) is 25.6 Å². The van der Waals surface area contributed by atoms with Crippen LogP contribution in [0.5, 0.6) is 11.5 Å². The lowest BCUT2D eigenvalue weighted by atomic mass is 10.1. The summed E-state index contributed by atoms with van der Waals surface area (Å²) in [5.74, 6) is 1.35. The van der Waals surface area contributed by atoms with E-state index in [2.05, 4.69) is 15.0 Å². The number of carbonyl (C=O) groups is 1. The van der Waals surface area contributed by atoms with Crippen LogP contribution in [0.15, 0.2) is 18.2 Å². The summed E-state index contributed by atoms with van der Waals surface area (Å²) in [6, 6.07) is 5.63. The predicted molar refractivity (Wildman–Crippen MR) is 94.3 cm³/mol. The zero-order valence-corrected chi connectivity index (χ0v) is 14.8. The molecule has 0 radical (unpaired) electrons. The molecule has 2 N–H and O–H groups in total. The van der Waals surface area contributed by atoms with Gasteiger partial charge in [-0.25, -0.2) is 0 Å². The van der Waals surface area contributed by atoms with E-state index in [0.29, 0.717) is 18.8 Å². The van der Waals surface area contributed by atoms with Crippen molar-refractivity contribution in [3.63, 3.8) is 0 Å². The number of amides is 1. The number of fused-ring (bicyclic) bond motifs is 1. The van der Waals surface area contributed by atoms with Gasteiger partial charge in [0, 0.05) is 13.5 Å². The Morgan fingerprint density at radius 2 is 2.04 bits per heavy atom. The minimum atomic E-state index is -0.154. The van der Waals surface area contributed by atoms with E-state index < -0.39 is 0 Å². The molecule has 0 fully saturated rings. The van der Waals surface area contributed by atoms with Gasteiger partial charge in [0.05, 0.1) is 30.5 Å². The highest BCUT2D eigenvalue weighted by atomic mass is 32.1. The number of hydrogen-bond acceptors (Lipinski definition) is 6. The molecule has 0 spiro atoms. The minimum Gasteiger partial charge on any atom is -0.490 e. The Kier molecular flexibility index (Phi) is 4.89. The normalized spacial score (nSPS) is 14.6. The van der Waals surface area contributed by atoms with Crippen molar-refractivity contribution in [1.82, 2.24) is 9.69 Å². The maximum Gasteiger partial charge on any atom is 0.256 e. The van der Waals surface area contributed by atoms with Gasteiger partial charge >= 0.3 is 0 Å². The van der Waals surface area contributed by atoms with E-state index in [1.165, 1.54) is 11.5 Å². The van der Waals surface area contributed by atoms with Crippen LogP contribution in [0.4, 0.5) is 5.00 Å². The number of nitrogens with zero attached hydrogens (tertiary/aromatic N) is 1. The minimum absolute atomic E-state index is 0.134. The molecule has 0 aliphatic carbocycles. The molecule has 6 nitrogen and oxygen atoms in total. The van der Waals surface area contributed by atoms with Gasteiger partial charge in [0.15, 0.2) is 11.5 Å². The summed E-state index contributed by atoms with van der Waals surface area (Å²) >= 11 is 1.29. The molecule has 1 aromatic heterocycles. The highest BCUT2D eigenvalue weighted by Gasteiger charge is 2.21. The summed E-state index contributed by atoms with van der Waals surface area (Å²) in [6.45, 7) is 5.09. The van der Waals surface area contributed by atoms with Crippen LogP contribution in [-0.4, -0.2) is 30.5 Å². The molecule has 0 saturated heterocycles. The van der Waals surface area contributed by atoms with Crippen molar-refractivity contribution >= 4 is 22.4 Å². The molecule has 2 aromatic rings. The summed E-state index contributed by atoms with van der Waals surface area (Å²) in [5, 5.41) is 6.82. The highest BCUT2D eigenvalue weighted by Crippen LogP contribution is 2.32. The molecular weight excluding hydrogens is 326 g/mol. The quantitative estimate of drug-likeness (QED) is 0.889. The van der Waals surface area contributed by atoms with E-state index >= 15 is 0 Å². The molecule has 0 saturated carbocycles. The maximum atomic E-state index is 12.6. The Morgan fingerprint density at radius 3 is 2.79 bits per heavy atom. The number of carbonyl (C=O) groups excluding carboxylic acids is 1. The molecule has 1 aliphatic rings. The molecule has 3 rings (SSSR count). The highest BCUT2D eigenvalue weighted by molar-refractivity contribution is 7.10. The number of aromatic nitrogens is 1. The number of ether oxygens (including phenoxy) is 2. The van der Waals surface area contributed by atoms with Crippen LogP contribution in [-0.2, 0) is 0 Å². The molecule has 1 aromatic carbocycles. The maximum absolute atomic E-state index is 12.6. The van der Waals surface area contributed by atoms with Gasteiger partial charge in [-0.3, -0.25) is 4.79 Å². The summed E-state index contributed by atoms with van der Waals surface area (Å²) in [4.78, 5) is 12.6. The third-order valence-electron chi connectivity index (χ3n) is 3.94. The van der Waals surface area contributed by atoms with Gasteiger partial charge in [-0.1, -0.05) is 6.07 Å². The third kappa shape index (κ3) is 3.31. The number of anilines is 1. The number of hydrogen-bond donors (Lipinski definition) is 2. The van der Waals surface area contributed by atoms with Crippen LogP contribution < -0.4 is 20.1 Å². The van der Waals surface area contributed by atoms with Crippen LogP contribution >= 0.6 is 11.5 Å². The van der Waals surface area contributed by atoms with Crippen molar-refractivity contribution in [2.45, 2.75) is 26.3 Å². The topological polar surface area (TPSA) is 72.5 Å². The summed E-state index contributed by atoms with van der Waals surface area (Å²) in [7, 11) is 1.79. The summed E-state index contributed by atoms with van der Waals surface area (Å²) < 4.78 is 15.6. The summed E-state index contributed by atoms with van der Waals surface area (Å²) in [5.41, 5.74) is 2.30. The number of benzene rings is 1. The first-order valence-corrected chi connectivity index (χ1v) is 8.72. The lowest BCUT2D eigenvalue weighted by Gasteiger charge is -2.17. The average molecular weight is 347 g/mol. The molecule has 2 heterocycles. The Hall–Kier alpha value is -2.28. The van der Waals surface area contributed by atoms with Crippen molar-refractivity contribution in [1.29, 1.82) is 0 Å². The molecule has 24 heavy (non-hydrogen) atoms. The molecule has 0 bridgehead atoms. The van der Waals surface area contributed by atoms with E-state index in [4.69, 9.17) is 9.47 Å². The number of rotatable bonds is 4. The lowest BCUT2D eigenvalue weighted by Crippen LogP contribution is -2.27. The Bertz CT molecular complexity index is 745. The molecule has 7 heteroatoms. The second-order valence-corrected chi connectivity index (χ2v) is 6.45. The SMILES string of the molecule is CNc1snc(C)c1C(=O)N[C@H](C)c1ccc2c(c1)OCCCO2.